The number of aliphatic hydroxyl groups excluding tert-OH is 1. The van der Waals surface area contributed by atoms with E-state index in [9.17, 15) is 5.11 Å². The first-order valence-corrected chi connectivity index (χ1v) is 6.60. The van der Waals surface area contributed by atoms with Gasteiger partial charge in [-0.1, -0.05) is 36.4 Å². The molecule has 2 heteroatoms. The predicted molar refractivity (Wildman–Crippen MR) is 77.4 cm³/mol. The van der Waals surface area contributed by atoms with Crippen molar-refractivity contribution in [1.29, 1.82) is 0 Å². The third-order valence-electron chi connectivity index (χ3n) is 3.20. The molecule has 19 heavy (non-hydrogen) atoms. The Hall–Kier alpha value is -1.80. The van der Waals surface area contributed by atoms with E-state index < -0.39 is 6.10 Å². The molecule has 0 aliphatic heterocycles. The van der Waals surface area contributed by atoms with Gasteiger partial charge in [0.25, 0.3) is 0 Å². The van der Waals surface area contributed by atoms with Gasteiger partial charge in [-0.05, 0) is 42.7 Å². The molecular weight excluding hydrogens is 236 g/mol. The van der Waals surface area contributed by atoms with Crippen molar-refractivity contribution in [2.75, 3.05) is 6.61 Å². The van der Waals surface area contributed by atoms with Crippen LogP contribution in [0.4, 0.5) is 0 Å². The normalized spacial score (nSPS) is 12.2. The molecule has 0 aliphatic carbocycles. The first-order chi connectivity index (χ1) is 9.16. The lowest BCUT2D eigenvalue weighted by Crippen LogP contribution is -2.06. The van der Waals surface area contributed by atoms with Gasteiger partial charge >= 0.3 is 0 Å². The summed E-state index contributed by atoms with van der Waals surface area (Å²) in [7, 11) is 0. The average molecular weight is 256 g/mol. The van der Waals surface area contributed by atoms with Crippen LogP contribution in [0.15, 0.2) is 48.5 Å². The van der Waals surface area contributed by atoms with Crippen LogP contribution in [0.3, 0.4) is 0 Å². The van der Waals surface area contributed by atoms with Crippen LogP contribution < -0.4 is 4.74 Å². The van der Waals surface area contributed by atoms with Crippen LogP contribution in [0.5, 0.6) is 5.75 Å². The second kappa shape index (κ2) is 6.39. The van der Waals surface area contributed by atoms with Crippen molar-refractivity contribution in [3.8, 4) is 5.75 Å². The zero-order chi connectivity index (χ0) is 13.7. The minimum absolute atomic E-state index is 0.467. The van der Waals surface area contributed by atoms with E-state index in [1.807, 2.05) is 62.4 Å². The van der Waals surface area contributed by atoms with Gasteiger partial charge in [-0.25, -0.2) is 0 Å². The molecule has 100 valence electrons. The molecule has 2 rings (SSSR count). The number of benzene rings is 2. The summed E-state index contributed by atoms with van der Waals surface area (Å²) in [5.41, 5.74) is 3.28. The highest BCUT2D eigenvalue weighted by Crippen LogP contribution is 2.21. The summed E-state index contributed by atoms with van der Waals surface area (Å²) in [6, 6.07) is 15.9. The van der Waals surface area contributed by atoms with Crippen LogP contribution in [-0.4, -0.2) is 11.7 Å². The van der Waals surface area contributed by atoms with Gasteiger partial charge in [0.15, 0.2) is 0 Å². The van der Waals surface area contributed by atoms with E-state index in [0.717, 1.165) is 16.9 Å². The standard InChI is InChI=1S/C17H20O2/c1-13-6-5-8-15(12-13)19-11-10-17(18)16-9-4-3-7-14(16)2/h3-9,12,17-18H,10-11H2,1-2H3. The number of hydrogen-bond acceptors (Lipinski definition) is 2. The Labute approximate surface area is 114 Å². The fourth-order valence-electron chi connectivity index (χ4n) is 2.11. The molecule has 1 unspecified atom stereocenters. The summed E-state index contributed by atoms with van der Waals surface area (Å²) in [5.74, 6) is 0.858. The molecule has 2 nitrogen and oxygen atoms in total. The maximum atomic E-state index is 10.2. The number of ether oxygens (including phenoxy) is 1. The van der Waals surface area contributed by atoms with Crippen molar-refractivity contribution in [2.45, 2.75) is 26.4 Å². The summed E-state index contributed by atoms with van der Waals surface area (Å²) >= 11 is 0. The zero-order valence-corrected chi connectivity index (χ0v) is 11.5. The summed E-state index contributed by atoms with van der Waals surface area (Å²) in [6.45, 7) is 4.56. The predicted octanol–water partition coefficient (Wildman–Crippen LogP) is 3.81. The highest BCUT2D eigenvalue weighted by molar-refractivity contribution is 5.28. The molecule has 2 aromatic rings. The number of rotatable bonds is 5. The molecule has 0 aliphatic rings. The van der Waals surface area contributed by atoms with Gasteiger partial charge in [0.1, 0.15) is 5.75 Å². The highest BCUT2D eigenvalue weighted by atomic mass is 16.5. The van der Waals surface area contributed by atoms with Gasteiger partial charge in [-0.3, -0.25) is 0 Å². The lowest BCUT2D eigenvalue weighted by atomic mass is 10.0. The molecular formula is C17H20O2. The number of aliphatic hydroxyl groups is 1. The molecule has 0 heterocycles. The smallest absolute Gasteiger partial charge is 0.119 e. The Balaban J connectivity index is 1.88. The molecule has 0 saturated heterocycles. The topological polar surface area (TPSA) is 29.5 Å². The minimum atomic E-state index is -0.467. The Bertz CT molecular complexity index is 534. The van der Waals surface area contributed by atoms with Crippen molar-refractivity contribution < 1.29 is 9.84 Å². The second-order valence-electron chi connectivity index (χ2n) is 4.83. The molecule has 0 spiro atoms. The van der Waals surface area contributed by atoms with E-state index in [-0.39, 0.29) is 0 Å². The SMILES string of the molecule is Cc1cccc(OCCC(O)c2ccccc2C)c1. The second-order valence-corrected chi connectivity index (χ2v) is 4.83. The van der Waals surface area contributed by atoms with Gasteiger partial charge in [0.05, 0.1) is 12.7 Å². The molecule has 0 aromatic heterocycles. The molecule has 1 N–H and O–H groups in total. The third-order valence-corrected chi connectivity index (χ3v) is 3.20. The fraction of sp³-hybridized carbons (Fsp3) is 0.294. The summed E-state index contributed by atoms with van der Waals surface area (Å²) < 4.78 is 5.66. The van der Waals surface area contributed by atoms with Crippen LogP contribution in [0.2, 0.25) is 0 Å². The molecule has 0 bridgehead atoms. The summed E-state index contributed by atoms with van der Waals surface area (Å²) in [5, 5.41) is 10.2. The van der Waals surface area contributed by atoms with Crippen molar-refractivity contribution in [1.82, 2.24) is 0 Å². The van der Waals surface area contributed by atoms with E-state index in [2.05, 4.69) is 0 Å². The Morgan fingerprint density at radius 1 is 1.05 bits per heavy atom. The average Bonchev–Trinajstić information content (AvgIpc) is 2.39. The maximum Gasteiger partial charge on any atom is 0.119 e. The third kappa shape index (κ3) is 3.83. The highest BCUT2D eigenvalue weighted by Gasteiger charge is 2.09. The van der Waals surface area contributed by atoms with Gasteiger partial charge in [-0.15, -0.1) is 0 Å². The Morgan fingerprint density at radius 3 is 2.58 bits per heavy atom. The quantitative estimate of drug-likeness (QED) is 0.881. The van der Waals surface area contributed by atoms with Crippen LogP contribution >= 0.6 is 0 Å². The monoisotopic (exact) mass is 256 g/mol. The molecule has 0 fully saturated rings. The number of hydrogen-bond donors (Lipinski definition) is 1. The Kier molecular flexibility index (Phi) is 4.58. The molecule has 0 saturated carbocycles. The molecule has 0 amide bonds. The summed E-state index contributed by atoms with van der Waals surface area (Å²) in [4.78, 5) is 0. The van der Waals surface area contributed by atoms with Crippen molar-refractivity contribution >= 4 is 0 Å². The minimum Gasteiger partial charge on any atom is -0.493 e. The lowest BCUT2D eigenvalue weighted by Gasteiger charge is -2.14. The van der Waals surface area contributed by atoms with E-state index >= 15 is 0 Å². The van der Waals surface area contributed by atoms with Crippen molar-refractivity contribution in [2.24, 2.45) is 0 Å². The first kappa shape index (κ1) is 13.6. The van der Waals surface area contributed by atoms with Crippen LogP contribution in [0, 0.1) is 13.8 Å². The molecule has 1 atom stereocenters. The van der Waals surface area contributed by atoms with Crippen LogP contribution in [0.1, 0.15) is 29.2 Å². The number of aryl methyl sites for hydroxylation is 2. The lowest BCUT2D eigenvalue weighted by molar-refractivity contribution is 0.140. The first-order valence-electron chi connectivity index (χ1n) is 6.60. The molecule has 2 aromatic carbocycles. The fourth-order valence-corrected chi connectivity index (χ4v) is 2.11. The van der Waals surface area contributed by atoms with E-state index in [0.29, 0.717) is 13.0 Å². The van der Waals surface area contributed by atoms with Crippen molar-refractivity contribution in [3.63, 3.8) is 0 Å². The zero-order valence-electron chi connectivity index (χ0n) is 11.5. The maximum absolute atomic E-state index is 10.2. The van der Waals surface area contributed by atoms with Crippen LogP contribution in [0.25, 0.3) is 0 Å². The van der Waals surface area contributed by atoms with E-state index in [4.69, 9.17) is 4.74 Å². The largest absolute Gasteiger partial charge is 0.493 e. The Morgan fingerprint density at radius 2 is 1.84 bits per heavy atom. The van der Waals surface area contributed by atoms with Gasteiger partial charge < -0.3 is 9.84 Å². The van der Waals surface area contributed by atoms with Crippen LogP contribution in [-0.2, 0) is 0 Å². The van der Waals surface area contributed by atoms with E-state index in [1.54, 1.807) is 0 Å². The van der Waals surface area contributed by atoms with E-state index in [1.165, 1.54) is 5.56 Å². The van der Waals surface area contributed by atoms with Gasteiger partial charge in [-0.2, -0.15) is 0 Å². The van der Waals surface area contributed by atoms with Gasteiger partial charge in [0, 0.05) is 6.42 Å². The molecule has 0 radical (unpaired) electrons. The van der Waals surface area contributed by atoms with Gasteiger partial charge in [0.2, 0.25) is 0 Å². The summed E-state index contributed by atoms with van der Waals surface area (Å²) in [6.07, 6.45) is 0.129. The van der Waals surface area contributed by atoms with Crippen molar-refractivity contribution in [3.05, 3.63) is 65.2 Å².